The maximum atomic E-state index is 2.59. The molecule has 2 unspecified atom stereocenters. The van der Waals surface area contributed by atoms with Gasteiger partial charge in [-0.25, -0.2) is 0 Å². The summed E-state index contributed by atoms with van der Waals surface area (Å²) >= 11 is 0. The van der Waals surface area contributed by atoms with Crippen LogP contribution in [0, 0.1) is 13.8 Å². The SMILES string of the molecule is Cc1ccc(N2c3ccc(C)cc3C3CCCC32)cc1. The van der Waals surface area contributed by atoms with Gasteiger partial charge in [0.15, 0.2) is 0 Å². The van der Waals surface area contributed by atoms with Crippen molar-refractivity contribution >= 4 is 11.4 Å². The van der Waals surface area contributed by atoms with E-state index in [1.54, 1.807) is 5.56 Å². The van der Waals surface area contributed by atoms with Crippen molar-refractivity contribution in [1.29, 1.82) is 0 Å². The average Bonchev–Trinajstić information content (AvgIpc) is 3.01. The van der Waals surface area contributed by atoms with Crippen LogP contribution in [0.15, 0.2) is 42.5 Å². The van der Waals surface area contributed by atoms with Crippen molar-refractivity contribution in [3.8, 4) is 0 Å². The average molecular weight is 263 g/mol. The van der Waals surface area contributed by atoms with Gasteiger partial charge in [-0.05, 0) is 50.5 Å². The van der Waals surface area contributed by atoms with E-state index in [-0.39, 0.29) is 0 Å². The highest BCUT2D eigenvalue weighted by Gasteiger charge is 2.41. The van der Waals surface area contributed by atoms with Crippen LogP contribution < -0.4 is 4.90 Å². The first-order valence-electron chi connectivity index (χ1n) is 7.70. The fraction of sp³-hybridized carbons (Fsp3) is 0.368. The van der Waals surface area contributed by atoms with Crippen LogP contribution in [-0.2, 0) is 0 Å². The highest BCUT2D eigenvalue weighted by atomic mass is 15.2. The van der Waals surface area contributed by atoms with Gasteiger partial charge in [0.25, 0.3) is 0 Å². The third-order valence-electron chi connectivity index (χ3n) is 4.97. The molecule has 1 aliphatic carbocycles. The predicted molar refractivity (Wildman–Crippen MR) is 84.9 cm³/mol. The molecule has 0 bridgehead atoms. The molecule has 2 aromatic carbocycles. The smallest absolute Gasteiger partial charge is 0.0449 e. The van der Waals surface area contributed by atoms with E-state index in [0.29, 0.717) is 6.04 Å². The fourth-order valence-corrected chi connectivity index (χ4v) is 4.02. The lowest BCUT2D eigenvalue weighted by molar-refractivity contribution is 0.641. The maximum absolute atomic E-state index is 2.59. The van der Waals surface area contributed by atoms with Gasteiger partial charge in [0.05, 0.1) is 0 Å². The van der Waals surface area contributed by atoms with Gasteiger partial charge in [0, 0.05) is 23.3 Å². The zero-order valence-corrected chi connectivity index (χ0v) is 12.3. The van der Waals surface area contributed by atoms with E-state index in [9.17, 15) is 0 Å². The number of rotatable bonds is 1. The molecule has 1 nitrogen and oxygen atoms in total. The van der Waals surface area contributed by atoms with Gasteiger partial charge in [0.1, 0.15) is 0 Å². The quantitative estimate of drug-likeness (QED) is 0.692. The Morgan fingerprint density at radius 2 is 1.65 bits per heavy atom. The van der Waals surface area contributed by atoms with E-state index in [0.717, 1.165) is 5.92 Å². The Morgan fingerprint density at radius 1 is 0.900 bits per heavy atom. The lowest BCUT2D eigenvalue weighted by Gasteiger charge is -2.27. The van der Waals surface area contributed by atoms with E-state index >= 15 is 0 Å². The van der Waals surface area contributed by atoms with Gasteiger partial charge in [-0.3, -0.25) is 0 Å². The Hall–Kier alpha value is -1.76. The molecule has 2 aromatic rings. The minimum atomic E-state index is 0.675. The first kappa shape index (κ1) is 12.0. The molecular formula is C19H21N. The monoisotopic (exact) mass is 263 g/mol. The van der Waals surface area contributed by atoms with Crippen LogP contribution in [0.5, 0.6) is 0 Å². The number of fused-ring (bicyclic) bond motifs is 3. The van der Waals surface area contributed by atoms with Gasteiger partial charge in [-0.15, -0.1) is 0 Å². The largest absolute Gasteiger partial charge is 0.338 e. The third kappa shape index (κ3) is 1.69. The number of anilines is 2. The number of benzene rings is 2. The molecular weight excluding hydrogens is 242 g/mol. The molecule has 0 radical (unpaired) electrons. The summed E-state index contributed by atoms with van der Waals surface area (Å²) in [5, 5.41) is 0. The van der Waals surface area contributed by atoms with Crippen LogP contribution in [0.4, 0.5) is 11.4 Å². The van der Waals surface area contributed by atoms with E-state index in [1.165, 1.54) is 41.8 Å². The van der Waals surface area contributed by atoms with Gasteiger partial charge >= 0.3 is 0 Å². The number of hydrogen-bond acceptors (Lipinski definition) is 1. The lowest BCUT2D eigenvalue weighted by Crippen LogP contribution is -2.26. The predicted octanol–water partition coefficient (Wildman–Crippen LogP) is 5.09. The highest BCUT2D eigenvalue weighted by Crippen LogP contribution is 2.52. The summed E-state index contributed by atoms with van der Waals surface area (Å²) in [5.41, 5.74) is 7.09. The van der Waals surface area contributed by atoms with Gasteiger partial charge in [-0.2, -0.15) is 0 Å². The summed E-state index contributed by atoms with van der Waals surface area (Å²) in [5.74, 6) is 0.742. The van der Waals surface area contributed by atoms with Crippen molar-refractivity contribution in [3.05, 3.63) is 59.2 Å². The molecule has 102 valence electrons. The number of nitrogens with zero attached hydrogens (tertiary/aromatic N) is 1. The second kappa shape index (κ2) is 4.37. The standard InChI is InChI=1S/C19H21N/c1-13-6-9-15(10-7-13)20-18-5-3-4-16(18)17-12-14(2)8-11-19(17)20/h6-12,16,18H,3-5H2,1-2H3. The molecule has 1 fully saturated rings. The zero-order valence-electron chi connectivity index (χ0n) is 12.3. The normalized spacial score (nSPS) is 23.8. The van der Waals surface area contributed by atoms with Gasteiger partial charge in [0.2, 0.25) is 0 Å². The molecule has 20 heavy (non-hydrogen) atoms. The van der Waals surface area contributed by atoms with Crippen molar-refractivity contribution < 1.29 is 0 Å². The molecule has 0 spiro atoms. The first-order valence-corrected chi connectivity index (χ1v) is 7.70. The van der Waals surface area contributed by atoms with Crippen molar-refractivity contribution in [2.75, 3.05) is 4.90 Å². The second-order valence-electron chi connectivity index (χ2n) is 6.37. The summed E-state index contributed by atoms with van der Waals surface area (Å²) in [6.45, 7) is 4.36. The van der Waals surface area contributed by atoms with Crippen LogP contribution in [0.1, 0.15) is 41.9 Å². The Labute approximate surface area is 121 Å². The Balaban J connectivity index is 1.85. The van der Waals surface area contributed by atoms with E-state index in [1.807, 2.05) is 0 Å². The molecule has 0 aromatic heterocycles. The Morgan fingerprint density at radius 3 is 2.45 bits per heavy atom. The molecule has 1 aliphatic heterocycles. The van der Waals surface area contributed by atoms with Crippen LogP contribution in [0.2, 0.25) is 0 Å². The Bertz CT molecular complexity index is 641. The Kier molecular flexibility index (Phi) is 2.63. The topological polar surface area (TPSA) is 3.24 Å². The third-order valence-corrected chi connectivity index (χ3v) is 4.97. The summed E-state index contributed by atoms with van der Waals surface area (Å²) in [6, 6.07) is 16.7. The molecule has 4 rings (SSSR count). The van der Waals surface area contributed by atoms with Crippen LogP contribution in [0.3, 0.4) is 0 Å². The first-order chi connectivity index (χ1) is 9.74. The molecule has 2 aliphatic rings. The van der Waals surface area contributed by atoms with Crippen molar-refractivity contribution in [2.24, 2.45) is 0 Å². The van der Waals surface area contributed by atoms with Crippen LogP contribution in [-0.4, -0.2) is 6.04 Å². The van der Waals surface area contributed by atoms with Crippen molar-refractivity contribution in [1.82, 2.24) is 0 Å². The van der Waals surface area contributed by atoms with Gasteiger partial charge < -0.3 is 4.90 Å². The number of aryl methyl sites for hydroxylation is 2. The van der Waals surface area contributed by atoms with E-state index in [2.05, 4.69) is 61.2 Å². The van der Waals surface area contributed by atoms with E-state index in [4.69, 9.17) is 0 Å². The molecule has 0 saturated heterocycles. The number of hydrogen-bond donors (Lipinski definition) is 0. The molecule has 0 N–H and O–H groups in total. The summed E-state index contributed by atoms with van der Waals surface area (Å²) < 4.78 is 0. The van der Waals surface area contributed by atoms with Crippen molar-refractivity contribution in [3.63, 3.8) is 0 Å². The molecule has 1 heterocycles. The summed E-state index contributed by atoms with van der Waals surface area (Å²) in [7, 11) is 0. The highest BCUT2D eigenvalue weighted by molar-refractivity contribution is 5.73. The van der Waals surface area contributed by atoms with Gasteiger partial charge in [-0.1, -0.05) is 41.8 Å². The minimum absolute atomic E-state index is 0.675. The zero-order chi connectivity index (χ0) is 13.7. The molecule has 2 atom stereocenters. The fourth-order valence-electron chi connectivity index (χ4n) is 4.02. The summed E-state index contributed by atoms with van der Waals surface area (Å²) in [4.78, 5) is 2.59. The minimum Gasteiger partial charge on any atom is -0.338 e. The second-order valence-corrected chi connectivity index (χ2v) is 6.37. The summed E-state index contributed by atoms with van der Waals surface area (Å²) in [6.07, 6.45) is 4.04. The molecule has 0 amide bonds. The van der Waals surface area contributed by atoms with E-state index < -0.39 is 0 Å². The maximum Gasteiger partial charge on any atom is 0.0449 e. The van der Waals surface area contributed by atoms with Crippen LogP contribution >= 0.6 is 0 Å². The lowest BCUT2D eigenvalue weighted by atomic mass is 9.96. The van der Waals surface area contributed by atoms with Crippen LogP contribution in [0.25, 0.3) is 0 Å². The van der Waals surface area contributed by atoms with Crippen molar-refractivity contribution in [2.45, 2.75) is 45.1 Å². The molecule has 1 saturated carbocycles. The molecule has 1 heteroatoms.